The van der Waals surface area contributed by atoms with E-state index in [1.165, 1.54) is 0 Å². The van der Waals surface area contributed by atoms with E-state index in [-0.39, 0.29) is 0 Å². The minimum atomic E-state index is -0.418. The van der Waals surface area contributed by atoms with E-state index >= 15 is 0 Å². The summed E-state index contributed by atoms with van der Waals surface area (Å²) in [6.07, 6.45) is 4.62. The van der Waals surface area contributed by atoms with Gasteiger partial charge in [-0.25, -0.2) is 0 Å². The van der Waals surface area contributed by atoms with Gasteiger partial charge in [0.05, 0.1) is 4.92 Å². The Morgan fingerprint density at radius 3 is 2.30 bits per heavy atom. The molecule has 10 heavy (non-hydrogen) atoms. The highest BCUT2D eigenvalue weighted by Crippen LogP contribution is 2.08. The average Bonchev–Trinajstić information content (AvgIpc) is 1.90. The van der Waals surface area contributed by atoms with E-state index in [4.69, 9.17) is 0 Å². The van der Waals surface area contributed by atoms with E-state index < -0.39 is 4.92 Å². The summed E-state index contributed by atoms with van der Waals surface area (Å²) in [6, 6.07) is 0. The minimum absolute atomic E-state index is 0.366. The first-order valence-corrected chi connectivity index (χ1v) is 3.52. The zero-order chi connectivity index (χ0) is 7.98. The zero-order valence-electron chi connectivity index (χ0n) is 6.41. The first-order chi connectivity index (χ1) is 4.70. The smallest absolute Gasteiger partial charge is 0.230 e. The fourth-order valence-electron chi connectivity index (χ4n) is 0.753. The van der Waals surface area contributed by atoms with Crippen LogP contribution in [0.15, 0.2) is 12.3 Å². The van der Waals surface area contributed by atoms with Gasteiger partial charge in [0.1, 0.15) is 0 Å². The summed E-state index contributed by atoms with van der Waals surface area (Å²) in [4.78, 5) is 9.44. The summed E-state index contributed by atoms with van der Waals surface area (Å²) in [5, 5.41) is 9.85. The quantitative estimate of drug-likeness (QED) is 0.447. The van der Waals surface area contributed by atoms with Crippen LogP contribution >= 0.6 is 0 Å². The predicted molar refractivity (Wildman–Crippen MR) is 40.2 cm³/mol. The molecule has 0 rings (SSSR count). The van der Waals surface area contributed by atoms with E-state index in [2.05, 4.69) is 0 Å². The van der Waals surface area contributed by atoms with Crippen LogP contribution in [0.4, 0.5) is 0 Å². The molecule has 0 amide bonds. The fraction of sp³-hybridized carbons (Fsp3) is 0.714. The van der Waals surface area contributed by atoms with Crippen molar-refractivity contribution in [1.29, 1.82) is 0 Å². The van der Waals surface area contributed by atoms with Crippen LogP contribution in [0.25, 0.3) is 0 Å². The van der Waals surface area contributed by atoms with Gasteiger partial charge in [-0.3, -0.25) is 10.1 Å². The summed E-state index contributed by atoms with van der Waals surface area (Å²) < 4.78 is 0. The molecular weight excluding hydrogens is 130 g/mol. The highest BCUT2D eigenvalue weighted by atomic mass is 16.6. The van der Waals surface area contributed by atoms with Gasteiger partial charge < -0.3 is 0 Å². The molecule has 0 spiro atoms. The van der Waals surface area contributed by atoms with Crippen LogP contribution in [-0.4, -0.2) is 4.92 Å². The van der Waals surface area contributed by atoms with Gasteiger partial charge in [0.25, 0.3) is 0 Å². The van der Waals surface area contributed by atoms with E-state index in [1.807, 2.05) is 13.8 Å². The molecule has 0 aromatic heterocycles. The molecule has 0 fully saturated rings. The summed E-state index contributed by atoms with van der Waals surface area (Å²) in [6.45, 7) is 4.05. The number of rotatable bonds is 4. The molecule has 3 heteroatoms. The first kappa shape index (κ1) is 9.14. The van der Waals surface area contributed by atoms with Crippen LogP contribution in [0.5, 0.6) is 0 Å². The van der Waals surface area contributed by atoms with Crippen LogP contribution < -0.4 is 0 Å². The van der Waals surface area contributed by atoms with Crippen molar-refractivity contribution in [1.82, 2.24) is 0 Å². The third kappa shape index (κ3) is 4.06. The lowest BCUT2D eigenvalue weighted by Crippen LogP contribution is -1.92. The summed E-state index contributed by atoms with van der Waals surface area (Å²) in [5.74, 6) is 0.366. The Balaban J connectivity index is 3.72. The first-order valence-electron chi connectivity index (χ1n) is 3.52. The Bertz CT molecular complexity index is 128. The number of hydrogen-bond acceptors (Lipinski definition) is 2. The van der Waals surface area contributed by atoms with Crippen LogP contribution in [0, 0.1) is 16.0 Å². The van der Waals surface area contributed by atoms with Crippen molar-refractivity contribution in [2.45, 2.75) is 26.7 Å². The average molecular weight is 143 g/mol. The molecule has 3 nitrogen and oxygen atoms in total. The molecule has 0 saturated heterocycles. The van der Waals surface area contributed by atoms with Gasteiger partial charge in [0.15, 0.2) is 0 Å². The monoisotopic (exact) mass is 143 g/mol. The molecule has 0 aromatic rings. The van der Waals surface area contributed by atoms with E-state index in [0.717, 1.165) is 19.0 Å². The van der Waals surface area contributed by atoms with Crippen molar-refractivity contribution in [2.75, 3.05) is 0 Å². The molecule has 0 aliphatic rings. The van der Waals surface area contributed by atoms with Gasteiger partial charge >= 0.3 is 0 Å². The van der Waals surface area contributed by atoms with Crippen LogP contribution in [-0.2, 0) is 0 Å². The van der Waals surface area contributed by atoms with Gasteiger partial charge in [-0.2, -0.15) is 0 Å². The molecule has 0 bridgehead atoms. The van der Waals surface area contributed by atoms with Gasteiger partial charge in [-0.05, 0) is 24.8 Å². The zero-order valence-corrected chi connectivity index (χ0v) is 6.41. The van der Waals surface area contributed by atoms with Gasteiger partial charge in [-0.1, -0.05) is 13.8 Å². The topological polar surface area (TPSA) is 43.1 Å². The Labute approximate surface area is 60.9 Å². The van der Waals surface area contributed by atoms with Crippen LogP contribution in [0.3, 0.4) is 0 Å². The lowest BCUT2D eigenvalue weighted by molar-refractivity contribution is -0.402. The summed E-state index contributed by atoms with van der Waals surface area (Å²) >= 11 is 0. The Hall–Kier alpha value is -0.860. The fourth-order valence-corrected chi connectivity index (χ4v) is 0.753. The molecule has 0 N–H and O–H groups in total. The third-order valence-corrected chi connectivity index (χ3v) is 1.53. The molecule has 0 aliphatic heterocycles. The van der Waals surface area contributed by atoms with Gasteiger partial charge in [0, 0.05) is 0 Å². The summed E-state index contributed by atoms with van der Waals surface area (Å²) in [7, 11) is 0. The molecule has 0 aliphatic carbocycles. The third-order valence-electron chi connectivity index (χ3n) is 1.53. The molecule has 0 heterocycles. The molecule has 0 aromatic carbocycles. The van der Waals surface area contributed by atoms with Gasteiger partial charge in [-0.15, -0.1) is 0 Å². The second kappa shape index (κ2) is 4.97. The Morgan fingerprint density at radius 2 is 2.00 bits per heavy atom. The van der Waals surface area contributed by atoms with Crippen LogP contribution in [0.2, 0.25) is 0 Å². The molecule has 0 radical (unpaired) electrons. The van der Waals surface area contributed by atoms with Gasteiger partial charge in [0.2, 0.25) is 6.20 Å². The van der Waals surface area contributed by atoms with E-state index in [0.29, 0.717) is 5.92 Å². The molecule has 58 valence electrons. The van der Waals surface area contributed by atoms with Crippen molar-refractivity contribution in [2.24, 2.45) is 5.92 Å². The highest BCUT2D eigenvalue weighted by Gasteiger charge is 1.98. The standard InChI is InChI=1S/C7H13NO2/c1-3-7(4-2)5-6-8(9)10/h5-7H,3-4H2,1-2H3/b6-5+. The van der Waals surface area contributed by atoms with Crippen molar-refractivity contribution in [3.05, 3.63) is 22.4 Å². The van der Waals surface area contributed by atoms with Crippen molar-refractivity contribution >= 4 is 0 Å². The highest BCUT2D eigenvalue weighted by molar-refractivity contribution is 4.80. The second-order valence-electron chi connectivity index (χ2n) is 2.20. The number of nitro groups is 1. The van der Waals surface area contributed by atoms with Crippen molar-refractivity contribution in [3.8, 4) is 0 Å². The number of allylic oxidation sites excluding steroid dienone is 1. The van der Waals surface area contributed by atoms with E-state index in [9.17, 15) is 10.1 Å². The van der Waals surface area contributed by atoms with Crippen LogP contribution in [0.1, 0.15) is 26.7 Å². The number of hydrogen-bond donors (Lipinski definition) is 0. The van der Waals surface area contributed by atoms with Crippen molar-refractivity contribution < 1.29 is 4.92 Å². The largest absolute Gasteiger partial charge is 0.259 e. The lowest BCUT2D eigenvalue weighted by atomic mass is 10.0. The summed E-state index contributed by atoms with van der Waals surface area (Å²) in [5.41, 5.74) is 0. The molecule has 0 saturated carbocycles. The second-order valence-corrected chi connectivity index (χ2v) is 2.20. The van der Waals surface area contributed by atoms with Crippen molar-refractivity contribution in [3.63, 3.8) is 0 Å². The lowest BCUT2D eigenvalue weighted by Gasteiger charge is -2.01. The van der Waals surface area contributed by atoms with E-state index in [1.54, 1.807) is 6.08 Å². The maximum Gasteiger partial charge on any atom is 0.230 e. The SMILES string of the molecule is CCC(/C=C/[N+](=O)[O-])CC. The number of nitrogens with zero attached hydrogens (tertiary/aromatic N) is 1. The minimum Gasteiger partial charge on any atom is -0.259 e. The normalized spacial score (nSPS) is 11.1. The Morgan fingerprint density at radius 1 is 1.50 bits per heavy atom. The Kier molecular flexibility index (Phi) is 4.54. The molecule has 0 unspecified atom stereocenters. The predicted octanol–water partition coefficient (Wildman–Crippen LogP) is 2.21. The maximum atomic E-state index is 9.85. The molecular formula is C7H13NO2. The molecule has 0 atom stereocenters. The maximum absolute atomic E-state index is 9.85.